The van der Waals surface area contributed by atoms with E-state index in [2.05, 4.69) is 32.4 Å². The second kappa shape index (κ2) is 4.50. The van der Waals surface area contributed by atoms with Crippen molar-refractivity contribution >= 4 is 15.9 Å². The molecule has 4 heteroatoms. The normalized spacial score (nSPS) is 18.7. The van der Waals surface area contributed by atoms with Crippen LogP contribution in [-0.4, -0.2) is 9.55 Å². The average molecular weight is 309 g/mol. The topological polar surface area (TPSA) is 17.8 Å². The van der Waals surface area contributed by atoms with Crippen LogP contribution in [-0.2, 0) is 6.54 Å². The first-order valence-electron chi connectivity index (χ1n) is 6.19. The lowest BCUT2D eigenvalue weighted by atomic mass is 9.98. The van der Waals surface area contributed by atoms with Crippen molar-refractivity contribution in [2.75, 3.05) is 0 Å². The standard InChI is InChI=1S/C14H14BrFN2/c1-9-5-4-8-18-12(9)13(15)17-14(18)10-6-2-3-7-11(10)16/h2-3,6-7,9H,4-5,8H2,1H3. The van der Waals surface area contributed by atoms with E-state index in [9.17, 15) is 4.39 Å². The molecule has 0 bridgehead atoms. The quantitative estimate of drug-likeness (QED) is 0.766. The van der Waals surface area contributed by atoms with E-state index in [4.69, 9.17) is 0 Å². The summed E-state index contributed by atoms with van der Waals surface area (Å²) >= 11 is 3.51. The van der Waals surface area contributed by atoms with Crippen molar-refractivity contribution in [3.05, 3.63) is 40.4 Å². The van der Waals surface area contributed by atoms with Crippen LogP contribution in [0.3, 0.4) is 0 Å². The number of aromatic nitrogens is 2. The molecule has 0 radical (unpaired) electrons. The molecule has 1 aromatic carbocycles. The van der Waals surface area contributed by atoms with Gasteiger partial charge in [0.25, 0.3) is 0 Å². The number of hydrogen-bond donors (Lipinski definition) is 0. The Morgan fingerprint density at radius 1 is 1.39 bits per heavy atom. The SMILES string of the molecule is CC1CCCn2c(-c3ccccc3F)nc(Br)c21. The van der Waals surface area contributed by atoms with Crippen LogP contribution in [0.15, 0.2) is 28.9 Å². The molecule has 2 nitrogen and oxygen atoms in total. The number of benzene rings is 1. The number of rotatable bonds is 1. The Morgan fingerprint density at radius 3 is 2.94 bits per heavy atom. The van der Waals surface area contributed by atoms with Crippen molar-refractivity contribution in [1.82, 2.24) is 9.55 Å². The molecule has 94 valence electrons. The third-order valence-corrected chi connectivity index (χ3v) is 4.15. The summed E-state index contributed by atoms with van der Waals surface area (Å²) in [6, 6.07) is 6.82. The Morgan fingerprint density at radius 2 is 2.17 bits per heavy atom. The molecule has 1 aromatic heterocycles. The van der Waals surface area contributed by atoms with E-state index in [0.717, 1.165) is 23.4 Å². The molecule has 2 aromatic rings. The zero-order valence-electron chi connectivity index (χ0n) is 10.2. The maximum atomic E-state index is 13.9. The van der Waals surface area contributed by atoms with Crippen molar-refractivity contribution in [3.8, 4) is 11.4 Å². The van der Waals surface area contributed by atoms with Gasteiger partial charge >= 0.3 is 0 Å². The van der Waals surface area contributed by atoms with Crippen molar-refractivity contribution in [1.29, 1.82) is 0 Å². The predicted octanol–water partition coefficient (Wildman–Crippen LogP) is 4.35. The third kappa shape index (κ3) is 1.79. The molecule has 3 rings (SSSR count). The third-order valence-electron chi connectivity index (χ3n) is 3.56. The summed E-state index contributed by atoms with van der Waals surface area (Å²) in [6.45, 7) is 3.12. The lowest BCUT2D eigenvalue weighted by Gasteiger charge is -2.22. The highest BCUT2D eigenvalue weighted by Crippen LogP contribution is 2.36. The van der Waals surface area contributed by atoms with Gasteiger partial charge in [0, 0.05) is 6.54 Å². The van der Waals surface area contributed by atoms with Crippen LogP contribution in [0.5, 0.6) is 0 Å². The van der Waals surface area contributed by atoms with E-state index in [1.165, 1.54) is 18.2 Å². The first-order chi connectivity index (χ1) is 8.68. The van der Waals surface area contributed by atoms with Gasteiger partial charge in [0.1, 0.15) is 16.2 Å². The number of nitrogens with zero attached hydrogens (tertiary/aromatic N) is 2. The van der Waals surface area contributed by atoms with Gasteiger partial charge in [-0.1, -0.05) is 19.1 Å². The van der Waals surface area contributed by atoms with Gasteiger partial charge in [-0.05, 0) is 46.8 Å². The van der Waals surface area contributed by atoms with Crippen LogP contribution >= 0.6 is 15.9 Å². The van der Waals surface area contributed by atoms with Crippen molar-refractivity contribution in [3.63, 3.8) is 0 Å². The fourth-order valence-electron chi connectivity index (χ4n) is 2.67. The van der Waals surface area contributed by atoms with Crippen LogP contribution in [0.25, 0.3) is 11.4 Å². The van der Waals surface area contributed by atoms with Gasteiger partial charge in [-0.2, -0.15) is 0 Å². The highest BCUT2D eigenvalue weighted by molar-refractivity contribution is 9.10. The monoisotopic (exact) mass is 308 g/mol. The van der Waals surface area contributed by atoms with Crippen LogP contribution < -0.4 is 0 Å². The van der Waals surface area contributed by atoms with Gasteiger partial charge in [-0.15, -0.1) is 0 Å². The van der Waals surface area contributed by atoms with E-state index in [-0.39, 0.29) is 5.82 Å². The predicted molar refractivity (Wildman–Crippen MR) is 73.0 cm³/mol. The smallest absolute Gasteiger partial charge is 0.144 e. The van der Waals surface area contributed by atoms with Crippen LogP contribution in [0.2, 0.25) is 0 Å². The molecule has 1 aliphatic rings. The van der Waals surface area contributed by atoms with Crippen LogP contribution in [0.1, 0.15) is 31.4 Å². The fraction of sp³-hybridized carbons (Fsp3) is 0.357. The first kappa shape index (κ1) is 11.9. The Bertz CT molecular complexity index is 591. The summed E-state index contributed by atoms with van der Waals surface area (Å²) in [5.74, 6) is 0.999. The number of fused-ring (bicyclic) bond motifs is 1. The van der Waals surface area contributed by atoms with Crippen molar-refractivity contribution in [2.24, 2.45) is 0 Å². The Hall–Kier alpha value is -1.16. The number of imidazole rings is 1. The number of halogens is 2. The zero-order chi connectivity index (χ0) is 12.7. The highest BCUT2D eigenvalue weighted by atomic mass is 79.9. The second-order valence-corrected chi connectivity index (χ2v) is 5.54. The van der Waals surface area contributed by atoms with E-state index in [0.29, 0.717) is 11.5 Å². The van der Waals surface area contributed by atoms with E-state index >= 15 is 0 Å². The molecule has 0 spiro atoms. The van der Waals surface area contributed by atoms with Crippen LogP contribution in [0, 0.1) is 5.82 Å². The summed E-state index contributed by atoms with van der Waals surface area (Å²) in [4.78, 5) is 4.51. The molecule has 0 saturated carbocycles. The largest absolute Gasteiger partial charge is 0.327 e. The molecule has 0 fully saturated rings. The summed E-state index contributed by atoms with van der Waals surface area (Å²) in [5, 5.41) is 0. The van der Waals surface area contributed by atoms with Crippen molar-refractivity contribution < 1.29 is 4.39 Å². The summed E-state index contributed by atoms with van der Waals surface area (Å²) in [6.07, 6.45) is 2.29. The van der Waals surface area contributed by atoms with E-state index in [1.54, 1.807) is 12.1 Å². The number of hydrogen-bond acceptors (Lipinski definition) is 1. The lowest BCUT2D eigenvalue weighted by Crippen LogP contribution is -2.14. The molecule has 0 saturated heterocycles. The molecule has 18 heavy (non-hydrogen) atoms. The summed E-state index contributed by atoms with van der Waals surface area (Å²) in [5.41, 5.74) is 1.78. The average Bonchev–Trinajstić information content (AvgIpc) is 2.69. The van der Waals surface area contributed by atoms with E-state index < -0.39 is 0 Å². The minimum absolute atomic E-state index is 0.212. The van der Waals surface area contributed by atoms with Gasteiger partial charge in [0.2, 0.25) is 0 Å². The Labute approximate surface area is 114 Å². The van der Waals surface area contributed by atoms with Gasteiger partial charge in [0.05, 0.1) is 11.3 Å². The molecular weight excluding hydrogens is 295 g/mol. The molecule has 0 N–H and O–H groups in total. The maximum absolute atomic E-state index is 13.9. The molecule has 1 unspecified atom stereocenters. The lowest BCUT2D eigenvalue weighted by molar-refractivity contribution is 0.475. The molecule has 1 atom stereocenters. The van der Waals surface area contributed by atoms with Crippen molar-refractivity contribution in [2.45, 2.75) is 32.2 Å². The highest BCUT2D eigenvalue weighted by Gasteiger charge is 2.25. The Balaban J connectivity index is 2.20. The summed E-state index contributed by atoms with van der Waals surface area (Å²) in [7, 11) is 0. The second-order valence-electron chi connectivity index (χ2n) is 4.79. The molecule has 2 heterocycles. The van der Waals surface area contributed by atoms with Gasteiger partial charge in [-0.3, -0.25) is 0 Å². The summed E-state index contributed by atoms with van der Waals surface area (Å²) < 4.78 is 16.9. The molecule has 1 aliphatic heterocycles. The van der Waals surface area contributed by atoms with Gasteiger partial charge in [-0.25, -0.2) is 9.37 Å². The van der Waals surface area contributed by atoms with Gasteiger partial charge < -0.3 is 4.57 Å². The Kier molecular flexibility index (Phi) is 2.98. The maximum Gasteiger partial charge on any atom is 0.144 e. The molecule has 0 amide bonds. The van der Waals surface area contributed by atoms with Gasteiger partial charge in [0.15, 0.2) is 0 Å². The first-order valence-corrected chi connectivity index (χ1v) is 6.98. The zero-order valence-corrected chi connectivity index (χ0v) is 11.7. The minimum atomic E-state index is -0.212. The van der Waals surface area contributed by atoms with Crippen LogP contribution in [0.4, 0.5) is 4.39 Å². The van der Waals surface area contributed by atoms with E-state index in [1.807, 2.05) is 6.07 Å². The fourth-order valence-corrected chi connectivity index (χ4v) is 3.45. The molecular formula is C14H14BrFN2. The molecule has 0 aliphatic carbocycles. The minimum Gasteiger partial charge on any atom is -0.327 e.